The van der Waals surface area contributed by atoms with Gasteiger partial charge in [0.2, 0.25) is 0 Å². The molecule has 3 nitrogen and oxygen atoms in total. The zero-order chi connectivity index (χ0) is 43.3. The van der Waals surface area contributed by atoms with Gasteiger partial charge in [0.25, 0.3) is 0 Å². The van der Waals surface area contributed by atoms with Crippen LogP contribution in [0.4, 0.5) is 0 Å². The molecular weight excluding hydrogens is 838 g/mol. The maximum atomic E-state index is 16.4. The summed E-state index contributed by atoms with van der Waals surface area (Å²) in [5, 5.41) is 14.1. The molecule has 0 atom stereocenters. The first-order valence-corrected chi connectivity index (χ1v) is 26.5. The fourth-order valence-electron chi connectivity index (χ4n) is 9.58. The van der Waals surface area contributed by atoms with Gasteiger partial charge in [-0.1, -0.05) is 249 Å². The molecule has 0 unspecified atom stereocenters. The molecule has 64 heavy (non-hydrogen) atoms. The van der Waals surface area contributed by atoms with E-state index in [1.165, 1.54) is 0 Å². The summed E-state index contributed by atoms with van der Waals surface area (Å²) in [6.07, 6.45) is 0. The van der Waals surface area contributed by atoms with Crippen LogP contribution in [0.2, 0.25) is 0 Å². The van der Waals surface area contributed by atoms with Crippen LogP contribution in [0.5, 0.6) is 0 Å². The molecule has 0 amide bonds. The van der Waals surface area contributed by atoms with Gasteiger partial charge in [0.05, 0.1) is 0 Å². The summed E-state index contributed by atoms with van der Waals surface area (Å²) < 4.78 is 48.9. The highest BCUT2D eigenvalue weighted by Gasteiger charge is 2.37. The number of hydrogen-bond acceptors (Lipinski definition) is 3. The van der Waals surface area contributed by atoms with Crippen molar-refractivity contribution in [3.05, 3.63) is 249 Å². The molecule has 0 radical (unpaired) electrons. The molecule has 11 rings (SSSR count). The predicted octanol–water partition coefficient (Wildman–Crippen LogP) is 11.2. The molecule has 11 aromatic carbocycles. The SMILES string of the molecule is O=P(c1ccccc1)(c1ccc(P(=O)(c2cccc3ccccc23)c2cccc3ccccc23)cc1)c1ccc(P(=O)(c2cccc3ccccc23)c2cccc3ccccc23)cc1. The molecule has 0 aliphatic carbocycles. The van der Waals surface area contributed by atoms with Crippen LogP contribution in [0.3, 0.4) is 0 Å². The molecule has 0 heterocycles. The fraction of sp³-hybridized carbons (Fsp3) is 0. The van der Waals surface area contributed by atoms with Gasteiger partial charge in [0.1, 0.15) is 0 Å². The highest BCUT2D eigenvalue weighted by atomic mass is 31.2. The van der Waals surface area contributed by atoms with Crippen LogP contribution in [-0.2, 0) is 13.7 Å². The van der Waals surface area contributed by atoms with Crippen molar-refractivity contribution >= 4 is 112 Å². The lowest BCUT2D eigenvalue weighted by molar-refractivity contribution is 0.591. The molecule has 0 spiro atoms. The van der Waals surface area contributed by atoms with E-state index in [2.05, 4.69) is 48.5 Å². The Hall–Kier alpha value is -6.85. The van der Waals surface area contributed by atoms with E-state index in [0.29, 0.717) is 26.5 Å². The van der Waals surface area contributed by atoms with Crippen molar-refractivity contribution in [3.63, 3.8) is 0 Å². The minimum atomic E-state index is -3.54. The monoisotopic (exact) mass is 878 g/mol. The Morgan fingerprint density at radius 3 is 0.703 bits per heavy atom. The summed E-state index contributed by atoms with van der Waals surface area (Å²) in [4.78, 5) is 0. The van der Waals surface area contributed by atoms with Crippen molar-refractivity contribution in [2.24, 2.45) is 0 Å². The van der Waals surface area contributed by atoms with Crippen LogP contribution in [0.15, 0.2) is 249 Å². The standard InChI is InChI=1S/C58H41O3P3/c59-62(46-24-2-1-3-25-46,47-34-38-49(39-35-47)63(60,55-30-12-20-42-16-4-8-26-51(42)55)56-31-13-21-43-17-5-9-27-52(43)56)48-36-40-50(41-37-48)64(61,57-32-14-22-44-18-6-10-28-53(44)57)58-33-15-23-45-19-7-11-29-54(45)58/h1-41H. The third-order valence-electron chi connectivity index (χ3n) is 12.7. The number of hydrogen-bond donors (Lipinski definition) is 0. The Kier molecular flexibility index (Phi) is 10.0. The van der Waals surface area contributed by atoms with Gasteiger partial charge < -0.3 is 13.7 Å². The Morgan fingerprint density at radius 1 is 0.188 bits per heavy atom. The van der Waals surface area contributed by atoms with Crippen LogP contribution in [0, 0.1) is 0 Å². The highest BCUT2D eigenvalue weighted by Crippen LogP contribution is 2.49. The third-order valence-corrected chi connectivity index (χ3v) is 22.1. The predicted molar refractivity (Wildman–Crippen MR) is 275 cm³/mol. The second-order valence-corrected chi connectivity index (χ2v) is 24.4. The highest BCUT2D eigenvalue weighted by molar-refractivity contribution is 7.87. The van der Waals surface area contributed by atoms with Crippen LogP contribution in [-0.4, -0.2) is 0 Å². The molecule has 0 bridgehead atoms. The van der Waals surface area contributed by atoms with Crippen LogP contribution < -0.4 is 47.7 Å². The molecule has 306 valence electrons. The van der Waals surface area contributed by atoms with Crippen molar-refractivity contribution in [2.45, 2.75) is 0 Å². The van der Waals surface area contributed by atoms with E-state index in [4.69, 9.17) is 0 Å². The third kappa shape index (κ3) is 6.38. The first kappa shape index (κ1) is 40.0. The van der Waals surface area contributed by atoms with Gasteiger partial charge in [-0.15, -0.1) is 0 Å². The van der Waals surface area contributed by atoms with Gasteiger partial charge in [-0.25, -0.2) is 0 Å². The van der Waals surface area contributed by atoms with Gasteiger partial charge in [-0.05, 0) is 43.1 Å². The number of fused-ring (bicyclic) bond motifs is 4. The maximum Gasteiger partial charge on any atom is 0.172 e. The van der Waals surface area contributed by atoms with Gasteiger partial charge in [-0.3, -0.25) is 0 Å². The van der Waals surface area contributed by atoms with Crippen molar-refractivity contribution in [3.8, 4) is 0 Å². The number of rotatable bonds is 9. The fourth-order valence-corrected chi connectivity index (χ4v) is 18.3. The Balaban J connectivity index is 1.08. The van der Waals surface area contributed by atoms with Crippen molar-refractivity contribution in [1.29, 1.82) is 0 Å². The molecular formula is C58H41O3P3. The quantitative estimate of drug-likeness (QED) is 0.136. The van der Waals surface area contributed by atoms with E-state index in [-0.39, 0.29) is 0 Å². The van der Waals surface area contributed by atoms with E-state index < -0.39 is 21.4 Å². The molecule has 0 N–H and O–H groups in total. The molecule has 0 aliphatic heterocycles. The average molecular weight is 879 g/mol. The summed E-state index contributed by atoms with van der Waals surface area (Å²) in [6, 6.07) is 81.3. The van der Waals surface area contributed by atoms with E-state index in [1.807, 2.05) is 200 Å². The van der Waals surface area contributed by atoms with E-state index in [0.717, 1.165) is 64.3 Å². The maximum absolute atomic E-state index is 16.4. The van der Waals surface area contributed by atoms with Crippen molar-refractivity contribution in [2.75, 3.05) is 0 Å². The van der Waals surface area contributed by atoms with Crippen LogP contribution >= 0.6 is 21.4 Å². The van der Waals surface area contributed by atoms with E-state index >= 15 is 13.7 Å². The molecule has 0 fully saturated rings. The lowest BCUT2D eigenvalue weighted by Crippen LogP contribution is -2.30. The van der Waals surface area contributed by atoms with Gasteiger partial charge in [-0.2, -0.15) is 0 Å². The topological polar surface area (TPSA) is 51.2 Å². The summed E-state index contributed by atoms with van der Waals surface area (Å²) in [5.74, 6) is 0. The lowest BCUT2D eigenvalue weighted by atomic mass is 10.1. The van der Waals surface area contributed by atoms with Gasteiger partial charge in [0, 0.05) is 47.7 Å². The summed E-state index contributed by atoms with van der Waals surface area (Å²) in [7, 11) is -10.6. The molecule has 0 saturated heterocycles. The lowest BCUT2D eigenvalue weighted by Gasteiger charge is -2.26. The molecule has 0 saturated carbocycles. The van der Waals surface area contributed by atoms with Crippen molar-refractivity contribution < 1.29 is 13.7 Å². The Morgan fingerprint density at radius 2 is 0.406 bits per heavy atom. The second-order valence-electron chi connectivity index (χ2n) is 16.2. The van der Waals surface area contributed by atoms with Crippen LogP contribution in [0.25, 0.3) is 43.1 Å². The zero-order valence-electron chi connectivity index (χ0n) is 34.7. The smallest absolute Gasteiger partial charge is 0.172 e. The van der Waals surface area contributed by atoms with E-state index in [9.17, 15) is 0 Å². The minimum Gasteiger partial charge on any atom is -0.309 e. The first-order valence-electron chi connectivity index (χ1n) is 21.4. The first-order chi connectivity index (χ1) is 31.4. The Bertz CT molecular complexity index is 3300. The normalized spacial score (nSPS) is 12.2. The number of benzene rings is 11. The zero-order valence-corrected chi connectivity index (χ0v) is 37.4. The summed E-state index contributed by atoms with van der Waals surface area (Å²) in [6.45, 7) is 0. The average Bonchev–Trinajstić information content (AvgIpc) is 3.37. The minimum absolute atomic E-state index is 0.615. The molecule has 0 aliphatic rings. The van der Waals surface area contributed by atoms with Gasteiger partial charge in [0.15, 0.2) is 21.4 Å². The molecule has 11 aromatic rings. The second kappa shape index (κ2) is 16.1. The summed E-state index contributed by atoms with van der Waals surface area (Å²) >= 11 is 0. The summed E-state index contributed by atoms with van der Waals surface area (Å²) in [5.41, 5.74) is 0. The molecule has 0 aromatic heterocycles. The van der Waals surface area contributed by atoms with Crippen LogP contribution in [0.1, 0.15) is 0 Å². The molecule has 6 heteroatoms. The largest absolute Gasteiger partial charge is 0.309 e. The van der Waals surface area contributed by atoms with Gasteiger partial charge >= 0.3 is 0 Å². The van der Waals surface area contributed by atoms with E-state index in [1.54, 1.807) is 0 Å². The Labute approximate surface area is 372 Å². The van der Waals surface area contributed by atoms with Crippen molar-refractivity contribution in [1.82, 2.24) is 0 Å².